The van der Waals surface area contributed by atoms with Gasteiger partial charge in [0.2, 0.25) is 0 Å². The largest absolute Gasteiger partial charge is 0.497 e. The van der Waals surface area contributed by atoms with E-state index in [4.69, 9.17) is 4.74 Å². The van der Waals surface area contributed by atoms with Crippen LogP contribution in [0.3, 0.4) is 0 Å². The predicted octanol–water partition coefficient (Wildman–Crippen LogP) is 5.03. The number of rotatable bonds is 4. The van der Waals surface area contributed by atoms with Crippen LogP contribution in [0.5, 0.6) is 5.75 Å². The van der Waals surface area contributed by atoms with Crippen molar-refractivity contribution in [1.29, 1.82) is 0 Å². The van der Waals surface area contributed by atoms with Crippen molar-refractivity contribution in [3.8, 4) is 17.1 Å². The van der Waals surface area contributed by atoms with Crippen LogP contribution >= 0.6 is 0 Å². The minimum Gasteiger partial charge on any atom is -0.497 e. The lowest BCUT2D eigenvalue weighted by molar-refractivity contribution is 0.415. The van der Waals surface area contributed by atoms with E-state index >= 15 is 0 Å². The highest BCUT2D eigenvalue weighted by Gasteiger charge is 2.12. The van der Waals surface area contributed by atoms with Crippen LogP contribution in [0.4, 0.5) is 20.3 Å². The maximum atomic E-state index is 13.6. The van der Waals surface area contributed by atoms with Gasteiger partial charge in [-0.25, -0.2) is 18.7 Å². The van der Waals surface area contributed by atoms with E-state index in [9.17, 15) is 8.78 Å². The number of nitrogens with zero attached hydrogens (tertiary/aromatic N) is 3. The van der Waals surface area contributed by atoms with Gasteiger partial charge in [0.1, 0.15) is 11.6 Å². The van der Waals surface area contributed by atoms with Gasteiger partial charge in [-0.3, -0.25) is 4.98 Å². The van der Waals surface area contributed by atoms with E-state index in [1.165, 1.54) is 6.07 Å². The highest BCUT2D eigenvalue weighted by Crippen LogP contribution is 2.30. The first-order valence-electron chi connectivity index (χ1n) is 8.54. The summed E-state index contributed by atoms with van der Waals surface area (Å²) < 4.78 is 32.2. The molecule has 0 bridgehead atoms. The van der Waals surface area contributed by atoms with Gasteiger partial charge in [-0.05, 0) is 49.4 Å². The van der Waals surface area contributed by atoms with Gasteiger partial charge < -0.3 is 10.1 Å². The summed E-state index contributed by atoms with van der Waals surface area (Å²) in [6, 6.07) is 12.7. The number of pyridine rings is 1. The molecule has 5 nitrogen and oxygen atoms in total. The minimum atomic E-state index is -0.941. The molecule has 0 radical (unpaired) electrons. The first-order valence-corrected chi connectivity index (χ1v) is 8.54. The summed E-state index contributed by atoms with van der Waals surface area (Å²) in [6.45, 7) is 1.90. The maximum absolute atomic E-state index is 13.6. The number of benzene rings is 2. The van der Waals surface area contributed by atoms with Gasteiger partial charge in [0, 0.05) is 34.6 Å². The van der Waals surface area contributed by atoms with Gasteiger partial charge in [-0.15, -0.1) is 0 Å². The van der Waals surface area contributed by atoms with E-state index < -0.39 is 11.6 Å². The van der Waals surface area contributed by atoms with Crippen LogP contribution in [0, 0.1) is 18.6 Å². The Kier molecular flexibility index (Phi) is 4.57. The quantitative estimate of drug-likeness (QED) is 0.540. The van der Waals surface area contributed by atoms with Crippen molar-refractivity contribution in [2.45, 2.75) is 6.92 Å². The Balaban J connectivity index is 1.87. The monoisotopic (exact) mass is 378 g/mol. The maximum Gasteiger partial charge on any atom is 0.163 e. The molecular weight excluding hydrogens is 362 g/mol. The zero-order chi connectivity index (χ0) is 19.7. The number of anilines is 2. The van der Waals surface area contributed by atoms with E-state index in [2.05, 4.69) is 20.3 Å². The zero-order valence-electron chi connectivity index (χ0n) is 15.2. The van der Waals surface area contributed by atoms with Crippen LogP contribution in [0.15, 0.2) is 54.7 Å². The zero-order valence-corrected chi connectivity index (χ0v) is 15.2. The Morgan fingerprint density at radius 2 is 1.79 bits per heavy atom. The average molecular weight is 378 g/mol. The van der Waals surface area contributed by atoms with Crippen LogP contribution in [0.1, 0.15) is 5.69 Å². The number of nitrogens with one attached hydrogen (secondary N) is 1. The Hall–Kier alpha value is -3.61. The number of ether oxygens (including phenoxy) is 1. The fourth-order valence-corrected chi connectivity index (χ4v) is 2.77. The molecule has 1 N–H and O–H groups in total. The molecule has 0 aliphatic carbocycles. The molecule has 2 aromatic carbocycles. The highest BCUT2D eigenvalue weighted by atomic mass is 19.2. The Morgan fingerprint density at radius 3 is 2.50 bits per heavy atom. The molecule has 4 rings (SSSR count). The topological polar surface area (TPSA) is 59.9 Å². The molecule has 0 aliphatic rings. The van der Waals surface area contributed by atoms with Crippen molar-refractivity contribution in [2.75, 3.05) is 12.4 Å². The lowest BCUT2D eigenvalue weighted by Crippen LogP contribution is -2.01. The minimum absolute atomic E-state index is 0.370. The first-order chi connectivity index (χ1) is 13.5. The van der Waals surface area contributed by atoms with E-state index in [-0.39, 0.29) is 0 Å². The fraction of sp³-hybridized carbons (Fsp3) is 0.0952. The van der Waals surface area contributed by atoms with Gasteiger partial charge >= 0.3 is 0 Å². The van der Waals surface area contributed by atoms with Gasteiger partial charge in [0.05, 0.1) is 12.6 Å². The molecular formula is C21H16F2N4O. The van der Waals surface area contributed by atoms with Crippen molar-refractivity contribution >= 4 is 22.4 Å². The van der Waals surface area contributed by atoms with Crippen molar-refractivity contribution in [2.24, 2.45) is 0 Å². The van der Waals surface area contributed by atoms with Crippen molar-refractivity contribution in [3.63, 3.8) is 0 Å². The standard InChI is InChI=1S/C21H16F2N4O/c1-12-3-4-13(11-24-12)20-26-19-8-6-15(28-2)10-16(19)21(27-20)25-14-5-7-17(22)18(23)9-14/h3-11H,1-2H3,(H,25,26,27). The SMILES string of the molecule is COc1ccc2nc(-c3ccc(C)nc3)nc(Nc3ccc(F)c(F)c3)c2c1. The van der Waals surface area contributed by atoms with E-state index in [0.717, 1.165) is 23.4 Å². The second-order valence-electron chi connectivity index (χ2n) is 6.22. The molecule has 0 saturated carbocycles. The summed E-state index contributed by atoms with van der Waals surface area (Å²) >= 11 is 0. The van der Waals surface area contributed by atoms with Gasteiger partial charge in [-0.1, -0.05) is 0 Å². The fourth-order valence-electron chi connectivity index (χ4n) is 2.77. The molecule has 0 spiro atoms. The van der Waals surface area contributed by atoms with Crippen LogP contribution in [0.25, 0.3) is 22.3 Å². The van der Waals surface area contributed by atoms with E-state index in [1.54, 1.807) is 25.4 Å². The normalized spacial score (nSPS) is 10.9. The van der Waals surface area contributed by atoms with E-state index in [0.29, 0.717) is 34.0 Å². The van der Waals surface area contributed by atoms with Crippen LogP contribution in [-0.2, 0) is 0 Å². The predicted molar refractivity (Wildman–Crippen MR) is 104 cm³/mol. The second kappa shape index (κ2) is 7.19. The average Bonchev–Trinajstić information content (AvgIpc) is 2.71. The molecule has 0 saturated heterocycles. The number of fused-ring (bicyclic) bond motifs is 1. The number of aromatic nitrogens is 3. The summed E-state index contributed by atoms with van der Waals surface area (Å²) in [5.41, 5.74) is 2.68. The smallest absolute Gasteiger partial charge is 0.163 e. The van der Waals surface area contributed by atoms with Crippen LogP contribution in [0.2, 0.25) is 0 Å². The molecule has 0 atom stereocenters. The Labute approximate surface area is 160 Å². The van der Waals surface area contributed by atoms with Crippen LogP contribution < -0.4 is 10.1 Å². The third kappa shape index (κ3) is 3.46. The lowest BCUT2D eigenvalue weighted by atomic mass is 10.2. The third-order valence-corrected chi connectivity index (χ3v) is 4.25. The second-order valence-corrected chi connectivity index (χ2v) is 6.22. The molecule has 7 heteroatoms. The Morgan fingerprint density at radius 1 is 0.929 bits per heavy atom. The number of aryl methyl sites for hydroxylation is 1. The van der Waals surface area contributed by atoms with Crippen molar-refractivity contribution in [1.82, 2.24) is 15.0 Å². The summed E-state index contributed by atoms with van der Waals surface area (Å²) in [5, 5.41) is 3.74. The van der Waals surface area contributed by atoms with Gasteiger partial charge in [-0.2, -0.15) is 0 Å². The number of hydrogen-bond acceptors (Lipinski definition) is 5. The molecule has 2 heterocycles. The number of hydrogen-bond donors (Lipinski definition) is 1. The summed E-state index contributed by atoms with van der Waals surface area (Å²) in [5.74, 6) is -0.301. The summed E-state index contributed by atoms with van der Waals surface area (Å²) in [7, 11) is 1.57. The summed E-state index contributed by atoms with van der Waals surface area (Å²) in [4.78, 5) is 13.5. The van der Waals surface area contributed by atoms with E-state index in [1.807, 2.05) is 25.1 Å². The number of halogens is 2. The molecule has 4 aromatic rings. The molecule has 28 heavy (non-hydrogen) atoms. The molecule has 0 fully saturated rings. The van der Waals surface area contributed by atoms with Crippen molar-refractivity contribution in [3.05, 3.63) is 72.1 Å². The number of methoxy groups -OCH3 is 1. The van der Waals surface area contributed by atoms with Gasteiger partial charge in [0.25, 0.3) is 0 Å². The highest BCUT2D eigenvalue weighted by molar-refractivity contribution is 5.93. The first kappa shape index (κ1) is 17.8. The molecule has 2 aromatic heterocycles. The molecule has 0 aliphatic heterocycles. The summed E-state index contributed by atoms with van der Waals surface area (Å²) in [6.07, 6.45) is 1.70. The molecule has 140 valence electrons. The Bertz CT molecular complexity index is 1160. The lowest BCUT2D eigenvalue weighted by Gasteiger charge is -2.12. The van der Waals surface area contributed by atoms with Crippen molar-refractivity contribution < 1.29 is 13.5 Å². The molecule has 0 unspecified atom stereocenters. The van der Waals surface area contributed by atoms with Gasteiger partial charge in [0.15, 0.2) is 17.5 Å². The third-order valence-electron chi connectivity index (χ3n) is 4.25. The molecule has 0 amide bonds. The van der Waals surface area contributed by atoms with Crippen LogP contribution in [-0.4, -0.2) is 22.1 Å².